The Morgan fingerprint density at radius 1 is 1.04 bits per heavy atom. The number of ether oxygens (including phenoxy) is 1. The van der Waals surface area contributed by atoms with Crippen molar-refractivity contribution < 1.29 is 24.2 Å². The summed E-state index contributed by atoms with van der Waals surface area (Å²) in [5, 5.41) is 11.4. The summed E-state index contributed by atoms with van der Waals surface area (Å²) >= 11 is 0. The number of carbonyl (C=O) groups is 3. The number of carboxylic acid groups (broad SMARTS) is 1. The van der Waals surface area contributed by atoms with Crippen molar-refractivity contribution in [2.45, 2.75) is 0 Å². The van der Waals surface area contributed by atoms with Gasteiger partial charge in [0.05, 0.1) is 16.6 Å². The van der Waals surface area contributed by atoms with Crippen LogP contribution in [0, 0.1) is 0 Å². The molecule has 2 aromatic carbocycles. The van der Waals surface area contributed by atoms with Crippen molar-refractivity contribution in [3.05, 3.63) is 66.0 Å². The molecule has 8 nitrogen and oxygen atoms in total. The molecule has 0 unspecified atom stereocenters. The average Bonchev–Trinajstić information content (AvgIpc) is 2.66. The van der Waals surface area contributed by atoms with Crippen LogP contribution in [0.4, 0.5) is 5.69 Å². The summed E-state index contributed by atoms with van der Waals surface area (Å²) in [7, 11) is 0. The van der Waals surface area contributed by atoms with E-state index in [4.69, 9.17) is 9.84 Å². The molecule has 0 saturated heterocycles. The van der Waals surface area contributed by atoms with Gasteiger partial charge in [0.15, 0.2) is 6.61 Å². The zero-order chi connectivity index (χ0) is 18.5. The normalized spacial score (nSPS) is 10.3. The summed E-state index contributed by atoms with van der Waals surface area (Å²) in [6, 6.07) is 10.6. The number of rotatable bonds is 5. The first-order valence-electron chi connectivity index (χ1n) is 7.54. The molecule has 1 amide bonds. The number of para-hydroxylation sites is 1. The topological polar surface area (TPSA) is 118 Å². The van der Waals surface area contributed by atoms with Gasteiger partial charge in [0.1, 0.15) is 5.52 Å². The smallest absolute Gasteiger partial charge is 0.340 e. The van der Waals surface area contributed by atoms with Crippen molar-refractivity contribution in [2.75, 3.05) is 11.9 Å². The molecule has 0 bridgehead atoms. The second-order valence-corrected chi connectivity index (χ2v) is 5.24. The van der Waals surface area contributed by atoms with E-state index in [-0.39, 0.29) is 11.1 Å². The molecule has 0 aliphatic heterocycles. The Labute approximate surface area is 147 Å². The number of nitrogens with one attached hydrogen (secondary N) is 1. The molecule has 130 valence electrons. The summed E-state index contributed by atoms with van der Waals surface area (Å²) in [6.07, 6.45) is 2.97. The van der Waals surface area contributed by atoms with Crippen LogP contribution >= 0.6 is 0 Å². The van der Waals surface area contributed by atoms with Gasteiger partial charge in [-0.2, -0.15) is 0 Å². The van der Waals surface area contributed by atoms with E-state index in [1.165, 1.54) is 42.7 Å². The minimum atomic E-state index is -1.11. The summed E-state index contributed by atoms with van der Waals surface area (Å²) < 4.78 is 5.01. The van der Waals surface area contributed by atoms with Gasteiger partial charge >= 0.3 is 11.9 Å². The highest BCUT2D eigenvalue weighted by Crippen LogP contribution is 2.15. The van der Waals surface area contributed by atoms with Crippen LogP contribution in [0.5, 0.6) is 0 Å². The molecule has 0 atom stereocenters. The molecule has 1 aromatic heterocycles. The SMILES string of the molecule is O=C(COC(=O)c1cccc2nccnc12)Nc1cccc(C(=O)O)c1. The number of hydrogen-bond donors (Lipinski definition) is 2. The standard InChI is InChI=1S/C18H13N3O5/c22-15(21-12-4-1-3-11(9-12)17(23)24)10-26-18(25)13-5-2-6-14-16(13)20-8-7-19-14/h1-9H,10H2,(H,21,22)(H,23,24). The number of amides is 1. The number of aromatic carboxylic acids is 1. The molecule has 0 aliphatic rings. The molecular weight excluding hydrogens is 338 g/mol. The molecule has 0 radical (unpaired) electrons. The summed E-state index contributed by atoms with van der Waals surface area (Å²) in [5.74, 6) is -2.40. The number of benzene rings is 2. The quantitative estimate of drug-likeness (QED) is 0.676. The van der Waals surface area contributed by atoms with Crippen molar-refractivity contribution in [1.29, 1.82) is 0 Å². The molecule has 0 aliphatic carbocycles. The van der Waals surface area contributed by atoms with Crippen LogP contribution in [0.3, 0.4) is 0 Å². The molecule has 1 heterocycles. The minimum absolute atomic E-state index is 0.0362. The number of carboxylic acids is 1. The fraction of sp³-hybridized carbons (Fsp3) is 0.0556. The zero-order valence-electron chi connectivity index (χ0n) is 13.4. The first-order valence-corrected chi connectivity index (χ1v) is 7.54. The first-order chi connectivity index (χ1) is 12.5. The van der Waals surface area contributed by atoms with Crippen LogP contribution in [0.2, 0.25) is 0 Å². The number of anilines is 1. The second-order valence-electron chi connectivity index (χ2n) is 5.24. The van der Waals surface area contributed by atoms with E-state index in [0.29, 0.717) is 16.7 Å². The number of fused-ring (bicyclic) bond motifs is 1. The van der Waals surface area contributed by atoms with E-state index in [9.17, 15) is 14.4 Å². The molecule has 0 fully saturated rings. The van der Waals surface area contributed by atoms with E-state index >= 15 is 0 Å². The van der Waals surface area contributed by atoms with Gasteiger partial charge in [0, 0.05) is 18.1 Å². The Balaban J connectivity index is 1.65. The van der Waals surface area contributed by atoms with Crippen molar-refractivity contribution >= 4 is 34.6 Å². The van der Waals surface area contributed by atoms with Crippen molar-refractivity contribution in [3.63, 3.8) is 0 Å². The van der Waals surface area contributed by atoms with Crippen molar-refractivity contribution in [3.8, 4) is 0 Å². The fourth-order valence-electron chi connectivity index (χ4n) is 2.29. The first kappa shape index (κ1) is 17.0. The number of esters is 1. The Kier molecular flexibility index (Phi) is 4.84. The predicted octanol–water partition coefficient (Wildman–Crippen LogP) is 2.12. The van der Waals surface area contributed by atoms with Crippen LogP contribution in [0.1, 0.15) is 20.7 Å². The highest BCUT2D eigenvalue weighted by molar-refractivity contribution is 6.03. The molecular formula is C18H13N3O5. The largest absolute Gasteiger partial charge is 0.478 e. The van der Waals surface area contributed by atoms with Gasteiger partial charge in [0.2, 0.25) is 0 Å². The van der Waals surface area contributed by atoms with E-state index in [2.05, 4.69) is 15.3 Å². The average molecular weight is 351 g/mol. The van der Waals surface area contributed by atoms with E-state index in [0.717, 1.165) is 0 Å². The summed E-state index contributed by atoms with van der Waals surface area (Å²) in [5.41, 5.74) is 1.46. The van der Waals surface area contributed by atoms with Gasteiger partial charge in [-0.05, 0) is 30.3 Å². The van der Waals surface area contributed by atoms with Crippen LogP contribution in [0.15, 0.2) is 54.9 Å². The number of hydrogen-bond acceptors (Lipinski definition) is 6. The molecule has 3 rings (SSSR count). The molecule has 26 heavy (non-hydrogen) atoms. The van der Waals surface area contributed by atoms with Crippen LogP contribution in [-0.2, 0) is 9.53 Å². The molecule has 3 aromatic rings. The lowest BCUT2D eigenvalue weighted by atomic mass is 10.2. The minimum Gasteiger partial charge on any atom is -0.478 e. The Bertz CT molecular complexity index is 998. The lowest BCUT2D eigenvalue weighted by Crippen LogP contribution is -2.21. The highest BCUT2D eigenvalue weighted by atomic mass is 16.5. The second kappa shape index (κ2) is 7.39. The fourth-order valence-corrected chi connectivity index (χ4v) is 2.29. The maximum Gasteiger partial charge on any atom is 0.340 e. The van der Waals surface area contributed by atoms with E-state index in [1.807, 2.05) is 0 Å². The molecule has 2 N–H and O–H groups in total. The number of nitrogens with zero attached hydrogens (tertiary/aromatic N) is 2. The van der Waals surface area contributed by atoms with Crippen LogP contribution < -0.4 is 5.32 Å². The lowest BCUT2D eigenvalue weighted by Gasteiger charge is -2.08. The zero-order valence-corrected chi connectivity index (χ0v) is 13.4. The Morgan fingerprint density at radius 2 is 1.81 bits per heavy atom. The van der Waals surface area contributed by atoms with Gasteiger partial charge in [0.25, 0.3) is 5.91 Å². The molecule has 0 saturated carbocycles. The van der Waals surface area contributed by atoms with Gasteiger partial charge < -0.3 is 15.2 Å². The van der Waals surface area contributed by atoms with Gasteiger partial charge in [-0.3, -0.25) is 14.8 Å². The summed E-state index contributed by atoms with van der Waals surface area (Å²) in [6.45, 7) is -0.521. The third kappa shape index (κ3) is 3.81. The van der Waals surface area contributed by atoms with Gasteiger partial charge in [-0.25, -0.2) is 9.59 Å². The highest BCUT2D eigenvalue weighted by Gasteiger charge is 2.15. The van der Waals surface area contributed by atoms with Crippen LogP contribution in [-0.4, -0.2) is 39.5 Å². The predicted molar refractivity (Wildman–Crippen MR) is 91.9 cm³/mol. The third-order valence-corrected chi connectivity index (χ3v) is 3.45. The molecule has 0 spiro atoms. The monoisotopic (exact) mass is 351 g/mol. The third-order valence-electron chi connectivity index (χ3n) is 3.45. The Hall–Kier alpha value is -3.81. The summed E-state index contributed by atoms with van der Waals surface area (Å²) in [4.78, 5) is 43.3. The maximum absolute atomic E-state index is 12.2. The van der Waals surface area contributed by atoms with E-state index < -0.39 is 24.5 Å². The van der Waals surface area contributed by atoms with Crippen molar-refractivity contribution in [2.24, 2.45) is 0 Å². The van der Waals surface area contributed by atoms with Crippen molar-refractivity contribution in [1.82, 2.24) is 9.97 Å². The van der Waals surface area contributed by atoms with E-state index in [1.54, 1.807) is 12.1 Å². The lowest BCUT2D eigenvalue weighted by molar-refractivity contribution is -0.119. The Morgan fingerprint density at radius 3 is 2.62 bits per heavy atom. The van der Waals surface area contributed by atoms with Gasteiger partial charge in [-0.1, -0.05) is 12.1 Å². The molecule has 8 heteroatoms. The number of aromatic nitrogens is 2. The number of carbonyl (C=O) groups excluding carboxylic acids is 2. The maximum atomic E-state index is 12.2. The van der Waals surface area contributed by atoms with Gasteiger partial charge in [-0.15, -0.1) is 0 Å². The van der Waals surface area contributed by atoms with Crippen LogP contribution in [0.25, 0.3) is 11.0 Å².